The summed E-state index contributed by atoms with van der Waals surface area (Å²) in [4.78, 5) is 0. The highest BCUT2D eigenvalue weighted by molar-refractivity contribution is 4.73. The van der Waals surface area contributed by atoms with Crippen molar-refractivity contribution in [3.63, 3.8) is 0 Å². The molecule has 1 unspecified atom stereocenters. The van der Waals surface area contributed by atoms with Gasteiger partial charge in [0.15, 0.2) is 0 Å². The number of nitrogens with one attached hydrogen (secondary N) is 1. The molecule has 1 aliphatic rings. The Morgan fingerprint density at radius 3 is 2.53 bits per heavy atom. The first-order chi connectivity index (χ1) is 6.97. The van der Waals surface area contributed by atoms with Gasteiger partial charge in [0.25, 0.3) is 0 Å². The van der Waals surface area contributed by atoms with Crippen molar-refractivity contribution in [2.75, 3.05) is 19.8 Å². The first-order valence-corrected chi connectivity index (χ1v) is 6.30. The lowest BCUT2D eigenvalue weighted by Gasteiger charge is -2.23. The summed E-state index contributed by atoms with van der Waals surface area (Å²) in [7, 11) is 0. The Hall–Kier alpha value is -0.0800. The van der Waals surface area contributed by atoms with Crippen LogP contribution in [0, 0.1) is 11.8 Å². The zero-order chi connectivity index (χ0) is 11.3. The fourth-order valence-corrected chi connectivity index (χ4v) is 1.48. The topological polar surface area (TPSA) is 21.3 Å². The first kappa shape index (κ1) is 13.0. The van der Waals surface area contributed by atoms with Gasteiger partial charge in [0.05, 0.1) is 6.61 Å². The highest BCUT2D eigenvalue weighted by Gasteiger charge is 2.20. The highest BCUT2D eigenvalue weighted by Crippen LogP contribution is 2.32. The molecule has 0 radical (unpaired) electrons. The van der Waals surface area contributed by atoms with Gasteiger partial charge < -0.3 is 10.1 Å². The van der Waals surface area contributed by atoms with Crippen LogP contribution in [0.15, 0.2) is 0 Å². The number of rotatable bonds is 7. The van der Waals surface area contributed by atoms with Gasteiger partial charge in [0.2, 0.25) is 0 Å². The zero-order valence-corrected chi connectivity index (χ0v) is 10.8. The third kappa shape index (κ3) is 7.80. The maximum absolute atomic E-state index is 5.67. The van der Waals surface area contributed by atoms with Crippen molar-refractivity contribution in [3.8, 4) is 0 Å². The fourth-order valence-electron chi connectivity index (χ4n) is 1.48. The van der Waals surface area contributed by atoms with Gasteiger partial charge in [-0.3, -0.25) is 0 Å². The summed E-state index contributed by atoms with van der Waals surface area (Å²) in [6.45, 7) is 11.8. The van der Waals surface area contributed by atoms with E-state index in [0.29, 0.717) is 5.92 Å². The van der Waals surface area contributed by atoms with Crippen LogP contribution in [0.2, 0.25) is 0 Å². The van der Waals surface area contributed by atoms with Crippen LogP contribution < -0.4 is 5.32 Å². The lowest BCUT2D eigenvalue weighted by molar-refractivity contribution is 0.0973. The average molecular weight is 213 g/mol. The van der Waals surface area contributed by atoms with E-state index < -0.39 is 0 Å². The summed E-state index contributed by atoms with van der Waals surface area (Å²) in [5.74, 6) is 1.61. The Bertz CT molecular complexity index is 170. The SMILES string of the molecule is CC(CNC(C)(C)C)COCCC1CC1. The zero-order valence-electron chi connectivity index (χ0n) is 10.8. The number of ether oxygens (including phenoxy) is 1. The van der Waals surface area contributed by atoms with E-state index >= 15 is 0 Å². The molecule has 15 heavy (non-hydrogen) atoms. The quantitative estimate of drug-likeness (QED) is 0.657. The van der Waals surface area contributed by atoms with Gasteiger partial charge in [-0.05, 0) is 39.0 Å². The summed E-state index contributed by atoms with van der Waals surface area (Å²) in [6.07, 6.45) is 4.15. The molecule has 90 valence electrons. The van der Waals surface area contributed by atoms with Crippen LogP contribution >= 0.6 is 0 Å². The number of hydrogen-bond acceptors (Lipinski definition) is 2. The van der Waals surface area contributed by atoms with E-state index in [1.807, 2.05) is 0 Å². The second-order valence-corrected chi connectivity index (χ2v) is 6.04. The van der Waals surface area contributed by atoms with E-state index in [9.17, 15) is 0 Å². The minimum atomic E-state index is 0.224. The van der Waals surface area contributed by atoms with E-state index in [0.717, 1.165) is 25.7 Å². The van der Waals surface area contributed by atoms with Gasteiger partial charge in [0, 0.05) is 18.7 Å². The molecule has 0 aromatic carbocycles. The molecular formula is C13H27NO. The largest absolute Gasteiger partial charge is 0.381 e. The molecule has 0 amide bonds. The second kappa shape index (κ2) is 5.86. The summed E-state index contributed by atoms with van der Waals surface area (Å²) in [5.41, 5.74) is 0.224. The molecule has 0 aromatic rings. The Labute approximate surface area is 94.8 Å². The molecule has 0 aromatic heterocycles. The van der Waals surface area contributed by atoms with Crippen molar-refractivity contribution in [3.05, 3.63) is 0 Å². The molecule has 0 saturated heterocycles. The fraction of sp³-hybridized carbons (Fsp3) is 1.00. The standard InChI is InChI=1S/C13H27NO/c1-11(9-14-13(2,3)4)10-15-8-7-12-5-6-12/h11-12,14H,5-10H2,1-4H3. The van der Waals surface area contributed by atoms with Gasteiger partial charge in [0.1, 0.15) is 0 Å². The molecule has 1 rings (SSSR count). The summed E-state index contributed by atoms with van der Waals surface area (Å²) in [6, 6.07) is 0. The van der Waals surface area contributed by atoms with Gasteiger partial charge in [-0.2, -0.15) is 0 Å². The monoisotopic (exact) mass is 213 g/mol. The highest BCUT2D eigenvalue weighted by atomic mass is 16.5. The van der Waals surface area contributed by atoms with Gasteiger partial charge in [-0.15, -0.1) is 0 Å². The van der Waals surface area contributed by atoms with Gasteiger partial charge in [-0.25, -0.2) is 0 Å². The van der Waals surface area contributed by atoms with Gasteiger partial charge in [-0.1, -0.05) is 19.8 Å². The molecule has 1 atom stereocenters. The summed E-state index contributed by atoms with van der Waals surface area (Å²) in [5, 5.41) is 3.50. The molecule has 1 aliphatic carbocycles. The minimum Gasteiger partial charge on any atom is -0.381 e. The summed E-state index contributed by atoms with van der Waals surface area (Å²) < 4.78 is 5.67. The van der Waals surface area contributed by atoms with E-state index in [1.165, 1.54) is 19.3 Å². The molecule has 0 heterocycles. The third-order valence-corrected chi connectivity index (χ3v) is 2.75. The predicted octanol–water partition coefficient (Wildman–Crippen LogP) is 2.83. The third-order valence-electron chi connectivity index (χ3n) is 2.75. The van der Waals surface area contributed by atoms with Crippen molar-refractivity contribution >= 4 is 0 Å². The van der Waals surface area contributed by atoms with Crippen LogP contribution in [0.3, 0.4) is 0 Å². The maximum Gasteiger partial charge on any atom is 0.0503 e. The van der Waals surface area contributed by atoms with Crippen LogP contribution in [-0.4, -0.2) is 25.3 Å². The van der Waals surface area contributed by atoms with E-state index in [1.54, 1.807) is 0 Å². The lowest BCUT2D eigenvalue weighted by atomic mass is 10.1. The molecule has 2 heteroatoms. The molecular weight excluding hydrogens is 186 g/mol. The molecule has 0 spiro atoms. The second-order valence-electron chi connectivity index (χ2n) is 6.04. The predicted molar refractivity (Wildman–Crippen MR) is 65.1 cm³/mol. The van der Waals surface area contributed by atoms with E-state index in [2.05, 4.69) is 33.0 Å². The molecule has 0 aliphatic heterocycles. The normalized spacial score (nSPS) is 19.2. The van der Waals surface area contributed by atoms with Crippen molar-refractivity contribution in [2.45, 2.75) is 52.5 Å². The van der Waals surface area contributed by atoms with E-state index in [-0.39, 0.29) is 5.54 Å². The maximum atomic E-state index is 5.67. The van der Waals surface area contributed by atoms with Crippen LogP contribution in [0.25, 0.3) is 0 Å². The lowest BCUT2D eigenvalue weighted by Crippen LogP contribution is -2.39. The van der Waals surface area contributed by atoms with Crippen LogP contribution in [0.5, 0.6) is 0 Å². The molecule has 2 nitrogen and oxygen atoms in total. The first-order valence-electron chi connectivity index (χ1n) is 6.30. The van der Waals surface area contributed by atoms with Crippen molar-refractivity contribution in [1.82, 2.24) is 5.32 Å². The summed E-state index contributed by atoms with van der Waals surface area (Å²) >= 11 is 0. The van der Waals surface area contributed by atoms with Crippen molar-refractivity contribution in [2.24, 2.45) is 11.8 Å². The van der Waals surface area contributed by atoms with Gasteiger partial charge >= 0.3 is 0 Å². The Balaban J connectivity index is 1.90. The molecule has 1 fully saturated rings. The van der Waals surface area contributed by atoms with Crippen LogP contribution in [-0.2, 0) is 4.74 Å². The Morgan fingerprint density at radius 2 is 2.00 bits per heavy atom. The Morgan fingerprint density at radius 1 is 1.33 bits per heavy atom. The number of hydrogen-bond donors (Lipinski definition) is 1. The van der Waals surface area contributed by atoms with Crippen LogP contribution in [0.4, 0.5) is 0 Å². The van der Waals surface area contributed by atoms with Crippen molar-refractivity contribution in [1.29, 1.82) is 0 Å². The molecule has 1 saturated carbocycles. The average Bonchev–Trinajstić information content (AvgIpc) is 2.91. The minimum absolute atomic E-state index is 0.224. The molecule has 0 bridgehead atoms. The molecule has 1 N–H and O–H groups in total. The smallest absolute Gasteiger partial charge is 0.0503 e. The van der Waals surface area contributed by atoms with Crippen LogP contribution in [0.1, 0.15) is 47.0 Å². The Kier molecular flexibility index (Phi) is 5.07. The van der Waals surface area contributed by atoms with E-state index in [4.69, 9.17) is 4.74 Å². The van der Waals surface area contributed by atoms with Crippen molar-refractivity contribution < 1.29 is 4.74 Å².